The van der Waals surface area contributed by atoms with Crippen molar-refractivity contribution >= 4 is 5.91 Å². The molecular weight excluding hydrogens is 368 g/mol. The molecule has 1 saturated heterocycles. The largest absolute Gasteiger partial charge is 0.384 e. The summed E-state index contributed by atoms with van der Waals surface area (Å²) in [7, 11) is 1.63. The molecule has 0 saturated carbocycles. The number of aromatic nitrogens is 3. The van der Waals surface area contributed by atoms with E-state index >= 15 is 0 Å². The molecule has 0 N–H and O–H groups in total. The monoisotopic (exact) mass is 398 g/mol. The van der Waals surface area contributed by atoms with Crippen molar-refractivity contribution in [2.45, 2.75) is 51.6 Å². The number of rotatable bonds is 5. The van der Waals surface area contributed by atoms with Crippen LogP contribution < -0.4 is 5.69 Å². The predicted molar refractivity (Wildman–Crippen MR) is 110 cm³/mol. The van der Waals surface area contributed by atoms with Gasteiger partial charge in [-0.3, -0.25) is 9.36 Å². The van der Waals surface area contributed by atoms with E-state index in [4.69, 9.17) is 4.74 Å². The summed E-state index contributed by atoms with van der Waals surface area (Å²) in [5.74, 6) is 1.09. The second-order valence-corrected chi connectivity index (χ2v) is 8.37. The molecular formula is C22H30N4O3. The maximum Gasteiger partial charge on any atom is 0.346 e. The van der Waals surface area contributed by atoms with Crippen LogP contribution in [-0.4, -0.2) is 52.0 Å². The van der Waals surface area contributed by atoms with E-state index < -0.39 is 0 Å². The molecule has 3 heterocycles. The van der Waals surface area contributed by atoms with E-state index in [1.54, 1.807) is 11.8 Å². The summed E-state index contributed by atoms with van der Waals surface area (Å²) in [4.78, 5) is 27.1. The van der Waals surface area contributed by atoms with Gasteiger partial charge >= 0.3 is 5.69 Å². The molecule has 156 valence electrons. The van der Waals surface area contributed by atoms with E-state index in [1.807, 2.05) is 39.8 Å². The zero-order chi connectivity index (χ0) is 20.3. The minimum atomic E-state index is -0.00641. The summed E-state index contributed by atoms with van der Waals surface area (Å²) in [6.07, 6.45) is 5.32. The Labute approximate surface area is 171 Å². The number of nitrogens with zero attached hydrogens (tertiary/aromatic N) is 4. The van der Waals surface area contributed by atoms with Gasteiger partial charge < -0.3 is 9.64 Å². The van der Waals surface area contributed by atoms with Crippen LogP contribution in [0.4, 0.5) is 0 Å². The highest BCUT2D eigenvalue weighted by Crippen LogP contribution is 2.41. The lowest BCUT2D eigenvalue weighted by molar-refractivity contribution is -0.134. The lowest BCUT2D eigenvalue weighted by Crippen LogP contribution is -2.43. The summed E-state index contributed by atoms with van der Waals surface area (Å²) < 4.78 is 8.49. The molecule has 0 unspecified atom stereocenters. The number of methoxy groups -OCH3 is 1. The van der Waals surface area contributed by atoms with E-state index in [0.717, 1.165) is 63.1 Å². The topological polar surface area (TPSA) is 69.4 Å². The molecule has 0 atom stereocenters. The molecule has 7 heteroatoms. The first-order chi connectivity index (χ1) is 14.1. The van der Waals surface area contributed by atoms with Crippen LogP contribution >= 0.6 is 0 Å². The van der Waals surface area contributed by atoms with E-state index in [9.17, 15) is 9.59 Å². The Kier molecular flexibility index (Phi) is 5.85. The standard InChI is InChI=1S/C22H30N4O3/c1-29-16-8-20(27)24-13-10-22(11-14-24)9-7-19-23-26(21(28)25(19)15-12-22)17-18-5-3-2-4-6-18/h2-6H,7-17H2,1H3. The number of carbonyl (C=O) groups is 1. The Hall–Kier alpha value is -2.41. The van der Waals surface area contributed by atoms with Crippen LogP contribution in [0.25, 0.3) is 0 Å². The summed E-state index contributed by atoms with van der Waals surface area (Å²) in [5, 5.41) is 4.65. The van der Waals surface area contributed by atoms with Gasteiger partial charge in [-0.1, -0.05) is 30.3 Å². The molecule has 7 nitrogen and oxygen atoms in total. The Balaban J connectivity index is 1.39. The first-order valence-corrected chi connectivity index (χ1v) is 10.6. The fourth-order valence-electron chi connectivity index (χ4n) is 4.68. The summed E-state index contributed by atoms with van der Waals surface area (Å²) >= 11 is 0. The van der Waals surface area contributed by atoms with Gasteiger partial charge in [-0.25, -0.2) is 9.48 Å². The average molecular weight is 399 g/mol. The van der Waals surface area contributed by atoms with Crippen LogP contribution in [0.2, 0.25) is 0 Å². The van der Waals surface area contributed by atoms with Crippen molar-refractivity contribution in [3.8, 4) is 0 Å². The molecule has 2 aromatic rings. The number of fused-ring (bicyclic) bond motifs is 1. The zero-order valence-corrected chi connectivity index (χ0v) is 17.2. The highest BCUT2D eigenvalue weighted by atomic mass is 16.5. The van der Waals surface area contributed by atoms with Crippen molar-refractivity contribution in [1.82, 2.24) is 19.2 Å². The molecule has 1 fully saturated rings. The Morgan fingerprint density at radius 2 is 1.83 bits per heavy atom. The number of ether oxygens (including phenoxy) is 1. The fourth-order valence-corrected chi connectivity index (χ4v) is 4.68. The maximum atomic E-state index is 12.9. The molecule has 0 radical (unpaired) electrons. The molecule has 29 heavy (non-hydrogen) atoms. The van der Waals surface area contributed by atoms with Gasteiger partial charge in [0.2, 0.25) is 5.91 Å². The van der Waals surface area contributed by atoms with Gasteiger partial charge in [-0.05, 0) is 36.7 Å². The summed E-state index contributed by atoms with van der Waals surface area (Å²) in [6, 6.07) is 9.99. The summed E-state index contributed by atoms with van der Waals surface area (Å²) in [6.45, 7) is 3.34. The molecule has 4 rings (SSSR count). The Morgan fingerprint density at radius 3 is 2.55 bits per heavy atom. The normalized spacial score (nSPS) is 18.4. The fraction of sp³-hybridized carbons (Fsp3) is 0.591. The minimum absolute atomic E-state index is 0.00641. The maximum absolute atomic E-state index is 12.9. The number of carbonyl (C=O) groups excluding carboxylic acids is 1. The van der Waals surface area contributed by atoms with Crippen molar-refractivity contribution in [1.29, 1.82) is 0 Å². The number of hydrogen-bond acceptors (Lipinski definition) is 4. The highest BCUT2D eigenvalue weighted by molar-refractivity contribution is 5.76. The van der Waals surface area contributed by atoms with Gasteiger partial charge in [0.15, 0.2) is 0 Å². The van der Waals surface area contributed by atoms with Gasteiger partial charge in [0.1, 0.15) is 5.82 Å². The molecule has 0 aliphatic carbocycles. The smallest absolute Gasteiger partial charge is 0.346 e. The number of piperidine rings is 1. The van der Waals surface area contributed by atoms with Crippen LogP contribution in [0, 0.1) is 5.41 Å². The van der Waals surface area contributed by atoms with Crippen LogP contribution in [-0.2, 0) is 29.0 Å². The van der Waals surface area contributed by atoms with Crippen molar-refractivity contribution in [2.75, 3.05) is 26.8 Å². The highest BCUT2D eigenvalue weighted by Gasteiger charge is 2.37. The minimum Gasteiger partial charge on any atom is -0.384 e. The number of benzene rings is 1. The quantitative estimate of drug-likeness (QED) is 0.773. The Bertz CT molecular complexity index is 895. The average Bonchev–Trinajstić information content (AvgIpc) is 2.93. The van der Waals surface area contributed by atoms with E-state index in [1.165, 1.54) is 0 Å². The number of aryl methyl sites for hydroxylation is 1. The lowest BCUT2D eigenvalue weighted by atomic mass is 9.72. The molecule has 2 aliphatic rings. The SMILES string of the molecule is COCCC(=O)N1CCC2(CCc3nn(Cc4ccccc4)c(=O)n3CC2)CC1. The third-order valence-electron chi connectivity index (χ3n) is 6.62. The molecule has 1 aromatic heterocycles. The van der Waals surface area contributed by atoms with Crippen molar-refractivity contribution in [2.24, 2.45) is 5.41 Å². The second kappa shape index (κ2) is 8.53. The van der Waals surface area contributed by atoms with Gasteiger partial charge in [-0.15, -0.1) is 0 Å². The molecule has 2 aliphatic heterocycles. The predicted octanol–water partition coefficient (Wildman–Crippen LogP) is 2.07. The molecule has 1 spiro atoms. The van der Waals surface area contributed by atoms with Gasteiger partial charge in [0.25, 0.3) is 0 Å². The molecule has 1 aromatic carbocycles. The van der Waals surface area contributed by atoms with Crippen molar-refractivity contribution in [3.63, 3.8) is 0 Å². The third-order valence-corrected chi connectivity index (χ3v) is 6.62. The van der Waals surface area contributed by atoms with Crippen molar-refractivity contribution in [3.05, 3.63) is 52.2 Å². The van der Waals surface area contributed by atoms with Crippen LogP contribution in [0.5, 0.6) is 0 Å². The molecule has 0 bridgehead atoms. The summed E-state index contributed by atoms with van der Waals surface area (Å²) in [5.41, 5.74) is 1.30. The first kappa shape index (κ1) is 19.9. The van der Waals surface area contributed by atoms with Crippen LogP contribution in [0.1, 0.15) is 43.5 Å². The number of amides is 1. The van der Waals surface area contributed by atoms with Gasteiger partial charge in [-0.2, -0.15) is 5.10 Å². The van der Waals surface area contributed by atoms with Crippen molar-refractivity contribution < 1.29 is 9.53 Å². The van der Waals surface area contributed by atoms with E-state index in [0.29, 0.717) is 19.6 Å². The lowest BCUT2D eigenvalue weighted by Gasteiger charge is -2.41. The van der Waals surface area contributed by atoms with Gasteiger partial charge in [0.05, 0.1) is 19.6 Å². The Morgan fingerprint density at radius 1 is 1.10 bits per heavy atom. The number of hydrogen-bond donors (Lipinski definition) is 0. The zero-order valence-electron chi connectivity index (χ0n) is 17.2. The van der Waals surface area contributed by atoms with Crippen LogP contribution in [0.3, 0.4) is 0 Å². The molecule has 1 amide bonds. The van der Waals surface area contributed by atoms with Crippen LogP contribution in [0.15, 0.2) is 35.1 Å². The van der Waals surface area contributed by atoms with E-state index in [2.05, 4.69) is 5.10 Å². The third kappa shape index (κ3) is 4.29. The number of likely N-dealkylation sites (tertiary alicyclic amines) is 1. The first-order valence-electron chi connectivity index (χ1n) is 10.6. The second-order valence-electron chi connectivity index (χ2n) is 8.37. The van der Waals surface area contributed by atoms with E-state index in [-0.39, 0.29) is 17.0 Å². The van der Waals surface area contributed by atoms with Gasteiger partial charge in [0, 0.05) is 33.2 Å².